The summed E-state index contributed by atoms with van der Waals surface area (Å²) in [5, 5.41) is 10.1. The Bertz CT molecular complexity index is 806. The Morgan fingerprint density at radius 3 is 2.82 bits per heavy atom. The Morgan fingerprint density at radius 2 is 2.09 bits per heavy atom. The first kappa shape index (κ1) is 14.5. The summed E-state index contributed by atoms with van der Waals surface area (Å²) in [6.45, 7) is 3.94. The van der Waals surface area contributed by atoms with Crippen molar-refractivity contribution in [2.75, 3.05) is 5.32 Å². The van der Waals surface area contributed by atoms with Crippen molar-refractivity contribution < 1.29 is 4.79 Å². The number of aryl methyl sites for hydroxylation is 2. The molecule has 5 nitrogen and oxygen atoms in total. The van der Waals surface area contributed by atoms with Crippen LogP contribution in [0.25, 0.3) is 5.69 Å². The van der Waals surface area contributed by atoms with Crippen molar-refractivity contribution >= 4 is 23.1 Å². The number of carbonyl (C=O) groups is 1. The zero-order valence-electron chi connectivity index (χ0n) is 12.4. The number of carbonyl (C=O) groups excluding carboxylic acids is 1. The van der Waals surface area contributed by atoms with E-state index in [0.29, 0.717) is 5.82 Å². The van der Waals surface area contributed by atoms with Gasteiger partial charge in [-0.05, 0) is 25.5 Å². The summed E-state index contributed by atoms with van der Waals surface area (Å²) in [5.74, 6) is 0.562. The summed E-state index contributed by atoms with van der Waals surface area (Å²) >= 11 is 1.55. The number of anilines is 1. The van der Waals surface area contributed by atoms with Crippen LogP contribution in [0.1, 0.15) is 16.3 Å². The molecule has 0 aliphatic rings. The molecule has 0 aliphatic heterocycles. The average Bonchev–Trinajstić information content (AvgIpc) is 3.09. The van der Waals surface area contributed by atoms with E-state index in [-0.39, 0.29) is 12.3 Å². The van der Waals surface area contributed by atoms with Crippen LogP contribution in [-0.4, -0.2) is 20.7 Å². The molecule has 0 atom stereocenters. The average molecular weight is 312 g/mol. The molecule has 0 saturated carbocycles. The molecule has 0 bridgehead atoms. The largest absolute Gasteiger partial charge is 0.310 e. The van der Waals surface area contributed by atoms with Crippen molar-refractivity contribution in [1.82, 2.24) is 14.8 Å². The summed E-state index contributed by atoms with van der Waals surface area (Å²) < 4.78 is 1.74. The van der Waals surface area contributed by atoms with Crippen molar-refractivity contribution in [3.63, 3.8) is 0 Å². The smallest absolute Gasteiger partial charge is 0.231 e. The van der Waals surface area contributed by atoms with Crippen molar-refractivity contribution in [2.45, 2.75) is 20.3 Å². The zero-order chi connectivity index (χ0) is 15.5. The monoisotopic (exact) mass is 312 g/mol. The first-order chi connectivity index (χ1) is 10.6. The van der Waals surface area contributed by atoms with Crippen molar-refractivity contribution in [3.8, 4) is 5.69 Å². The third-order valence-electron chi connectivity index (χ3n) is 3.26. The predicted octanol–water partition coefficient (Wildman–Crippen LogP) is 3.13. The first-order valence-electron chi connectivity index (χ1n) is 6.94. The van der Waals surface area contributed by atoms with Gasteiger partial charge in [0.25, 0.3) is 0 Å². The zero-order valence-corrected chi connectivity index (χ0v) is 13.2. The molecule has 1 aromatic carbocycles. The molecule has 3 rings (SSSR count). The van der Waals surface area contributed by atoms with Gasteiger partial charge in [0.1, 0.15) is 5.82 Å². The fourth-order valence-electron chi connectivity index (χ4n) is 2.23. The van der Waals surface area contributed by atoms with Gasteiger partial charge in [-0.25, -0.2) is 9.67 Å². The lowest BCUT2D eigenvalue weighted by atomic mass is 10.2. The maximum Gasteiger partial charge on any atom is 0.231 e. The molecule has 1 amide bonds. The Morgan fingerprint density at radius 1 is 1.27 bits per heavy atom. The third-order valence-corrected chi connectivity index (χ3v) is 4.08. The van der Waals surface area contributed by atoms with Gasteiger partial charge in [0, 0.05) is 11.4 Å². The summed E-state index contributed by atoms with van der Waals surface area (Å²) in [5.41, 5.74) is 2.84. The Kier molecular flexibility index (Phi) is 4.02. The Balaban J connectivity index is 1.78. The van der Waals surface area contributed by atoms with Crippen molar-refractivity contribution in [3.05, 3.63) is 58.2 Å². The number of aromatic nitrogens is 3. The van der Waals surface area contributed by atoms with Crippen molar-refractivity contribution in [1.29, 1.82) is 0 Å². The second-order valence-corrected chi connectivity index (χ2v) is 6.06. The highest BCUT2D eigenvalue weighted by Crippen LogP contribution is 2.18. The van der Waals surface area contributed by atoms with Gasteiger partial charge in [-0.15, -0.1) is 11.3 Å². The van der Waals surface area contributed by atoms with E-state index in [0.717, 1.165) is 22.0 Å². The molecular weight excluding hydrogens is 296 g/mol. The van der Waals surface area contributed by atoms with E-state index in [9.17, 15) is 4.79 Å². The van der Waals surface area contributed by atoms with Crippen LogP contribution >= 0.6 is 11.3 Å². The Hall–Kier alpha value is -2.47. The van der Waals surface area contributed by atoms with Crippen LogP contribution in [0.2, 0.25) is 0 Å². The number of hydrogen-bond donors (Lipinski definition) is 1. The highest BCUT2D eigenvalue weighted by atomic mass is 32.1. The number of thiazole rings is 1. The van der Waals surface area contributed by atoms with Crippen molar-refractivity contribution in [2.24, 2.45) is 0 Å². The van der Waals surface area contributed by atoms with Crippen LogP contribution in [0, 0.1) is 13.8 Å². The molecule has 0 aliphatic carbocycles. The normalized spacial score (nSPS) is 10.6. The number of rotatable bonds is 4. The molecular formula is C16H16N4OS. The summed E-state index contributed by atoms with van der Waals surface area (Å²) in [6, 6.07) is 9.71. The van der Waals surface area contributed by atoms with Gasteiger partial charge in [0.15, 0.2) is 0 Å². The number of nitrogens with zero attached hydrogens (tertiary/aromatic N) is 3. The number of hydrogen-bond acceptors (Lipinski definition) is 4. The second-order valence-electron chi connectivity index (χ2n) is 5.00. The van der Waals surface area contributed by atoms with Gasteiger partial charge in [-0.3, -0.25) is 4.79 Å². The number of para-hydroxylation sites is 1. The minimum atomic E-state index is -0.0966. The van der Waals surface area contributed by atoms with Crippen LogP contribution in [0.4, 0.5) is 5.82 Å². The van der Waals surface area contributed by atoms with Gasteiger partial charge in [0.2, 0.25) is 5.91 Å². The molecule has 2 heterocycles. The molecule has 1 N–H and O–H groups in total. The van der Waals surface area contributed by atoms with E-state index < -0.39 is 0 Å². The number of nitrogens with one attached hydrogen (secondary N) is 1. The maximum absolute atomic E-state index is 12.2. The van der Waals surface area contributed by atoms with Gasteiger partial charge in [-0.2, -0.15) is 5.10 Å². The van der Waals surface area contributed by atoms with Gasteiger partial charge >= 0.3 is 0 Å². The van der Waals surface area contributed by atoms with E-state index in [4.69, 9.17) is 0 Å². The maximum atomic E-state index is 12.2. The topological polar surface area (TPSA) is 59.8 Å². The quantitative estimate of drug-likeness (QED) is 0.805. The fraction of sp³-hybridized carbons (Fsp3) is 0.188. The van der Waals surface area contributed by atoms with Crippen LogP contribution in [0.3, 0.4) is 0 Å². The standard InChI is InChI=1S/C16H16N4OS/c1-11-5-3-4-6-14(11)20-15(7-8-17-20)19-16(21)9-13-10-22-12(2)18-13/h3-8,10H,9H2,1-2H3,(H,19,21). The highest BCUT2D eigenvalue weighted by Gasteiger charge is 2.11. The predicted molar refractivity (Wildman–Crippen MR) is 87.5 cm³/mol. The minimum absolute atomic E-state index is 0.0966. The van der Waals surface area contributed by atoms with Crippen LogP contribution in [0.15, 0.2) is 41.9 Å². The summed E-state index contributed by atoms with van der Waals surface area (Å²) in [6.07, 6.45) is 1.94. The molecule has 112 valence electrons. The second kappa shape index (κ2) is 6.11. The van der Waals surface area contributed by atoms with Crippen LogP contribution in [0.5, 0.6) is 0 Å². The van der Waals surface area contributed by atoms with E-state index >= 15 is 0 Å². The molecule has 6 heteroatoms. The molecule has 2 aromatic heterocycles. The number of amides is 1. The SMILES string of the molecule is Cc1nc(CC(=O)Nc2ccnn2-c2ccccc2C)cs1. The van der Waals surface area contributed by atoms with E-state index in [1.54, 1.807) is 28.3 Å². The highest BCUT2D eigenvalue weighted by molar-refractivity contribution is 7.09. The minimum Gasteiger partial charge on any atom is -0.310 e. The van der Waals surface area contributed by atoms with Gasteiger partial charge in [0.05, 0.1) is 29.0 Å². The van der Waals surface area contributed by atoms with E-state index in [1.807, 2.05) is 43.5 Å². The lowest BCUT2D eigenvalue weighted by Gasteiger charge is -2.10. The number of benzene rings is 1. The molecule has 0 fully saturated rings. The lowest BCUT2D eigenvalue weighted by Crippen LogP contribution is -2.17. The lowest BCUT2D eigenvalue weighted by molar-refractivity contribution is -0.115. The third kappa shape index (κ3) is 3.07. The van der Waals surface area contributed by atoms with E-state index in [1.165, 1.54) is 0 Å². The van der Waals surface area contributed by atoms with Gasteiger partial charge < -0.3 is 5.32 Å². The summed E-state index contributed by atoms with van der Waals surface area (Å²) in [7, 11) is 0. The molecule has 0 unspecified atom stereocenters. The fourth-order valence-corrected chi connectivity index (χ4v) is 2.84. The van der Waals surface area contributed by atoms with Crippen LogP contribution in [-0.2, 0) is 11.2 Å². The molecule has 0 saturated heterocycles. The van der Waals surface area contributed by atoms with E-state index in [2.05, 4.69) is 15.4 Å². The molecule has 22 heavy (non-hydrogen) atoms. The summed E-state index contributed by atoms with van der Waals surface area (Å²) in [4.78, 5) is 16.5. The first-order valence-corrected chi connectivity index (χ1v) is 7.82. The van der Waals surface area contributed by atoms with Crippen LogP contribution < -0.4 is 5.32 Å². The molecule has 3 aromatic rings. The van der Waals surface area contributed by atoms with Gasteiger partial charge in [-0.1, -0.05) is 18.2 Å². The Labute approximate surface area is 132 Å². The molecule has 0 radical (unpaired) electrons. The molecule has 0 spiro atoms.